The second kappa shape index (κ2) is 4.96. The Morgan fingerprint density at radius 2 is 2.33 bits per heavy atom. The van der Waals surface area contributed by atoms with E-state index in [4.69, 9.17) is 5.73 Å². The highest BCUT2D eigenvalue weighted by Crippen LogP contribution is 2.38. The number of nitrogens with two attached hydrogens (primary N) is 1. The van der Waals surface area contributed by atoms with E-state index in [2.05, 4.69) is 4.98 Å². The first kappa shape index (κ1) is 13.8. The Morgan fingerprint density at radius 3 is 3.00 bits per heavy atom. The highest BCUT2D eigenvalue weighted by molar-refractivity contribution is 5.98. The lowest BCUT2D eigenvalue weighted by Crippen LogP contribution is -2.21. The number of amides is 1. The molecule has 0 aliphatic carbocycles. The van der Waals surface area contributed by atoms with Crippen molar-refractivity contribution in [1.82, 2.24) is 9.55 Å². The Kier molecular flexibility index (Phi) is 3.25. The zero-order chi connectivity index (χ0) is 15.1. The number of halogens is 1. The molecule has 1 aliphatic rings. The maximum atomic E-state index is 14.0. The molecule has 1 unspecified atom stereocenters. The van der Waals surface area contributed by atoms with E-state index in [1.165, 1.54) is 6.20 Å². The number of primary amides is 1. The van der Waals surface area contributed by atoms with Gasteiger partial charge in [-0.25, -0.2) is 4.98 Å². The van der Waals surface area contributed by atoms with Gasteiger partial charge in [0.15, 0.2) is 0 Å². The molecule has 3 N–H and O–H groups in total. The number of nitrogens with zero attached hydrogens (tertiary/aromatic N) is 2. The largest absolute Gasteiger partial charge is 0.387 e. The second-order valence-electron chi connectivity index (χ2n) is 5.25. The van der Waals surface area contributed by atoms with Gasteiger partial charge >= 0.3 is 0 Å². The van der Waals surface area contributed by atoms with Crippen LogP contribution in [0.2, 0.25) is 0 Å². The summed E-state index contributed by atoms with van der Waals surface area (Å²) in [6, 6.07) is 3.25. The van der Waals surface area contributed by atoms with Gasteiger partial charge < -0.3 is 15.4 Å². The Hall–Kier alpha value is -2.21. The minimum Gasteiger partial charge on any atom is -0.387 e. The van der Waals surface area contributed by atoms with Gasteiger partial charge in [0.1, 0.15) is 0 Å². The molecule has 1 aliphatic heterocycles. The fraction of sp³-hybridized carbons (Fsp3) is 0.333. The number of aliphatic hydroxyl groups excluding tert-OH is 1. The van der Waals surface area contributed by atoms with Crippen LogP contribution in [-0.2, 0) is 6.54 Å². The van der Waals surface area contributed by atoms with Gasteiger partial charge in [0.2, 0.25) is 5.95 Å². The Morgan fingerprint density at radius 1 is 1.57 bits per heavy atom. The van der Waals surface area contributed by atoms with E-state index in [0.717, 1.165) is 6.42 Å². The first-order valence-corrected chi connectivity index (χ1v) is 6.84. The van der Waals surface area contributed by atoms with Crippen molar-refractivity contribution in [3.05, 3.63) is 41.1 Å². The first-order chi connectivity index (χ1) is 10.0. The minimum absolute atomic E-state index is 0.292. The molecule has 21 heavy (non-hydrogen) atoms. The highest BCUT2D eigenvalue weighted by Gasteiger charge is 2.31. The van der Waals surface area contributed by atoms with Crippen LogP contribution >= 0.6 is 0 Å². The molecular weight excluding hydrogens is 273 g/mol. The minimum atomic E-state index is -0.756. The smallest absolute Gasteiger partial charge is 0.250 e. The fourth-order valence-corrected chi connectivity index (χ4v) is 3.15. The highest BCUT2D eigenvalue weighted by atomic mass is 19.1. The van der Waals surface area contributed by atoms with Gasteiger partial charge in [0.05, 0.1) is 28.6 Å². The summed E-state index contributed by atoms with van der Waals surface area (Å²) >= 11 is 0. The Balaban J connectivity index is 2.34. The summed E-state index contributed by atoms with van der Waals surface area (Å²) in [5, 5.41) is 10.2. The molecule has 1 amide bonds. The Labute approximate surface area is 121 Å². The number of hydrogen-bond acceptors (Lipinski definition) is 3. The van der Waals surface area contributed by atoms with Crippen LogP contribution in [0.4, 0.5) is 4.39 Å². The van der Waals surface area contributed by atoms with Crippen molar-refractivity contribution < 1.29 is 14.3 Å². The normalized spacial score (nSPS) is 17.6. The molecule has 0 radical (unpaired) electrons. The third-order valence-electron chi connectivity index (χ3n) is 3.98. The molecule has 3 heterocycles. The van der Waals surface area contributed by atoms with Gasteiger partial charge in [0, 0.05) is 12.7 Å². The zero-order valence-electron chi connectivity index (χ0n) is 11.6. The number of rotatable bonds is 2. The summed E-state index contributed by atoms with van der Waals surface area (Å²) in [7, 11) is 0. The van der Waals surface area contributed by atoms with E-state index in [0.29, 0.717) is 41.0 Å². The van der Waals surface area contributed by atoms with Gasteiger partial charge in [-0.05, 0) is 37.5 Å². The lowest BCUT2D eigenvalue weighted by molar-refractivity contribution is 0.0982. The van der Waals surface area contributed by atoms with E-state index in [1.54, 1.807) is 23.6 Å². The monoisotopic (exact) mass is 289 g/mol. The van der Waals surface area contributed by atoms with Crippen LogP contribution in [0.25, 0.3) is 11.3 Å². The van der Waals surface area contributed by atoms with Crippen LogP contribution in [0.5, 0.6) is 0 Å². The molecule has 3 rings (SSSR count). The van der Waals surface area contributed by atoms with Crippen molar-refractivity contribution in [3.8, 4) is 11.3 Å². The number of aromatic nitrogens is 2. The topological polar surface area (TPSA) is 81.1 Å². The molecule has 110 valence electrons. The number of carbonyl (C=O) groups is 1. The number of pyridine rings is 1. The van der Waals surface area contributed by atoms with Crippen molar-refractivity contribution in [2.75, 3.05) is 0 Å². The average Bonchev–Trinajstić information content (AvgIpc) is 2.73. The predicted octanol–water partition coefficient (Wildman–Crippen LogP) is 1.92. The van der Waals surface area contributed by atoms with Gasteiger partial charge in [-0.2, -0.15) is 4.39 Å². The third kappa shape index (κ3) is 2.03. The van der Waals surface area contributed by atoms with Crippen LogP contribution in [-0.4, -0.2) is 20.6 Å². The Bertz CT molecular complexity index is 724. The number of fused-ring (bicyclic) bond motifs is 1. The predicted molar refractivity (Wildman–Crippen MR) is 75.1 cm³/mol. The summed E-state index contributed by atoms with van der Waals surface area (Å²) in [6.45, 7) is 2.34. The molecule has 0 bridgehead atoms. The van der Waals surface area contributed by atoms with Crippen LogP contribution < -0.4 is 5.73 Å². The van der Waals surface area contributed by atoms with Crippen molar-refractivity contribution in [3.63, 3.8) is 0 Å². The van der Waals surface area contributed by atoms with Gasteiger partial charge in [-0.3, -0.25) is 4.79 Å². The van der Waals surface area contributed by atoms with E-state index >= 15 is 0 Å². The average molecular weight is 289 g/mol. The number of aliphatic hydroxyl groups is 1. The maximum Gasteiger partial charge on any atom is 0.250 e. The molecule has 0 aromatic carbocycles. The van der Waals surface area contributed by atoms with Crippen molar-refractivity contribution >= 4 is 5.91 Å². The van der Waals surface area contributed by atoms with Crippen LogP contribution in [0, 0.1) is 12.9 Å². The van der Waals surface area contributed by atoms with Crippen molar-refractivity contribution in [2.45, 2.75) is 32.4 Å². The number of hydrogen-bond donors (Lipinski definition) is 2. The fourth-order valence-electron chi connectivity index (χ4n) is 3.15. The lowest BCUT2D eigenvalue weighted by atomic mass is 10.0. The standard InChI is InChI=1S/C15H16FN3O2/c1-8-11(15(17)21)13-10(20)5-3-7-19(13)12(8)9-4-2-6-18-14(9)16/h2,4,6,10,20H,3,5,7H2,1H3,(H2,17,21). The molecule has 2 aromatic heterocycles. The SMILES string of the molecule is Cc1c(C(N)=O)c2n(c1-c1cccnc1F)CCCC2O. The van der Waals surface area contributed by atoms with Crippen LogP contribution in [0.3, 0.4) is 0 Å². The van der Waals surface area contributed by atoms with Crippen LogP contribution in [0.1, 0.15) is 40.6 Å². The van der Waals surface area contributed by atoms with Crippen molar-refractivity contribution in [1.29, 1.82) is 0 Å². The number of carbonyl (C=O) groups excluding carboxylic acids is 1. The molecule has 5 nitrogen and oxygen atoms in total. The van der Waals surface area contributed by atoms with E-state index in [9.17, 15) is 14.3 Å². The molecule has 0 spiro atoms. The summed E-state index contributed by atoms with van der Waals surface area (Å²) in [5.74, 6) is -1.20. The van der Waals surface area contributed by atoms with E-state index in [-0.39, 0.29) is 0 Å². The molecule has 1 atom stereocenters. The molecule has 0 saturated carbocycles. The lowest BCUT2D eigenvalue weighted by Gasteiger charge is -2.23. The molecule has 0 saturated heterocycles. The summed E-state index contributed by atoms with van der Waals surface area (Å²) in [6.07, 6.45) is 1.94. The van der Waals surface area contributed by atoms with Gasteiger partial charge in [0.25, 0.3) is 5.91 Å². The summed E-state index contributed by atoms with van der Waals surface area (Å²) in [4.78, 5) is 15.4. The van der Waals surface area contributed by atoms with Crippen LogP contribution in [0.15, 0.2) is 18.3 Å². The van der Waals surface area contributed by atoms with E-state index in [1.807, 2.05) is 0 Å². The second-order valence-corrected chi connectivity index (χ2v) is 5.25. The molecule has 0 fully saturated rings. The third-order valence-corrected chi connectivity index (χ3v) is 3.98. The van der Waals surface area contributed by atoms with E-state index < -0.39 is 18.0 Å². The maximum absolute atomic E-state index is 14.0. The quantitative estimate of drug-likeness (QED) is 0.829. The zero-order valence-corrected chi connectivity index (χ0v) is 11.6. The summed E-state index contributed by atoms with van der Waals surface area (Å²) in [5.41, 5.74) is 7.72. The first-order valence-electron chi connectivity index (χ1n) is 6.84. The molecule has 6 heteroatoms. The molecule has 2 aromatic rings. The van der Waals surface area contributed by atoms with Gasteiger partial charge in [-0.15, -0.1) is 0 Å². The van der Waals surface area contributed by atoms with Gasteiger partial charge in [-0.1, -0.05) is 0 Å². The van der Waals surface area contributed by atoms with Crippen molar-refractivity contribution in [2.24, 2.45) is 5.73 Å². The molecular formula is C15H16FN3O2. The summed E-state index contributed by atoms with van der Waals surface area (Å²) < 4.78 is 15.8.